The molecule has 1 fully saturated rings. The minimum absolute atomic E-state index is 0.0521. The summed E-state index contributed by atoms with van der Waals surface area (Å²) in [5, 5.41) is 0. The molecule has 1 aliphatic heterocycles. The smallest absolute Gasteiger partial charge is 0.172 e. The van der Waals surface area contributed by atoms with E-state index < -0.39 is 5.60 Å². The zero-order valence-electron chi connectivity index (χ0n) is 5.64. The lowest BCUT2D eigenvalue weighted by atomic mass is 9.98. The molecule has 0 aromatic heterocycles. The van der Waals surface area contributed by atoms with E-state index in [1.165, 1.54) is 14.0 Å². The molecular formula is C6H10O3. The predicted octanol–water partition coefficient (Wildman–Crippen LogP) is -0.00920. The minimum atomic E-state index is -0.597. The number of ether oxygens (including phenoxy) is 2. The Hall–Kier alpha value is -0.410. The molecule has 0 unspecified atom stereocenters. The van der Waals surface area contributed by atoms with E-state index in [9.17, 15) is 4.79 Å². The van der Waals surface area contributed by atoms with E-state index in [1.54, 1.807) is 0 Å². The normalized spacial score (nSPS) is 22.9. The van der Waals surface area contributed by atoms with Gasteiger partial charge in [0.2, 0.25) is 0 Å². The van der Waals surface area contributed by atoms with Gasteiger partial charge in [0, 0.05) is 7.11 Å². The molecule has 0 amide bonds. The molecule has 1 saturated heterocycles. The van der Waals surface area contributed by atoms with Crippen LogP contribution in [0.5, 0.6) is 0 Å². The van der Waals surface area contributed by atoms with E-state index in [4.69, 9.17) is 9.47 Å². The third kappa shape index (κ3) is 0.862. The second-order valence-electron chi connectivity index (χ2n) is 2.25. The van der Waals surface area contributed by atoms with Crippen LogP contribution in [0.3, 0.4) is 0 Å². The third-order valence-corrected chi connectivity index (χ3v) is 1.70. The number of ketones is 1. The lowest BCUT2D eigenvalue weighted by Crippen LogP contribution is -2.56. The van der Waals surface area contributed by atoms with Crippen molar-refractivity contribution in [2.45, 2.75) is 12.5 Å². The van der Waals surface area contributed by atoms with Gasteiger partial charge in [-0.2, -0.15) is 0 Å². The summed E-state index contributed by atoms with van der Waals surface area (Å²) in [7, 11) is 1.53. The Balaban J connectivity index is 2.57. The Morgan fingerprint density at radius 1 is 1.67 bits per heavy atom. The van der Waals surface area contributed by atoms with E-state index >= 15 is 0 Å². The first-order valence-electron chi connectivity index (χ1n) is 2.85. The van der Waals surface area contributed by atoms with Crippen LogP contribution >= 0.6 is 0 Å². The minimum Gasteiger partial charge on any atom is -0.374 e. The summed E-state index contributed by atoms with van der Waals surface area (Å²) in [6, 6.07) is 0. The second-order valence-corrected chi connectivity index (χ2v) is 2.25. The molecule has 1 aliphatic rings. The van der Waals surface area contributed by atoms with Crippen LogP contribution in [0.4, 0.5) is 0 Å². The standard InChI is InChI=1S/C6H10O3/c1-5(7)6(8-2)3-9-4-6/h3-4H2,1-2H3. The number of hydrogen-bond acceptors (Lipinski definition) is 3. The predicted molar refractivity (Wildman–Crippen MR) is 31.2 cm³/mol. The molecule has 0 spiro atoms. The molecule has 9 heavy (non-hydrogen) atoms. The number of Topliss-reactive ketones (excluding diaryl/α,β-unsaturated/α-hetero) is 1. The van der Waals surface area contributed by atoms with Crippen molar-refractivity contribution in [2.24, 2.45) is 0 Å². The van der Waals surface area contributed by atoms with Gasteiger partial charge in [-0.3, -0.25) is 4.79 Å². The van der Waals surface area contributed by atoms with Crippen molar-refractivity contribution in [1.82, 2.24) is 0 Å². The Labute approximate surface area is 53.9 Å². The van der Waals surface area contributed by atoms with Crippen LogP contribution in [0.15, 0.2) is 0 Å². The molecule has 0 aromatic carbocycles. The van der Waals surface area contributed by atoms with Crippen LogP contribution < -0.4 is 0 Å². The van der Waals surface area contributed by atoms with Crippen molar-refractivity contribution in [3.8, 4) is 0 Å². The van der Waals surface area contributed by atoms with Gasteiger partial charge in [0.05, 0.1) is 13.2 Å². The highest BCUT2D eigenvalue weighted by Gasteiger charge is 2.43. The highest BCUT2D eigenvalue weighted by molar-refractivity contribution is 5.86. The molecule has 52 valence electrons. The van der Waals surface area contributed by atoms with Gasteiger partial charge in [-0.15, -0.1) is 0 Å². The lowest BCUT2D eigenvalue weighted by Gasteiger charge is -2.37. The van der Waals surface area contributed by atoms with Gasteiger partial charge in [0.15, 0.2) is 11.4 Å². The molecule has 0 bridgehead atoms. The van der Waals surface area contributed by atoms with E-state index in [2.05, 4.69) is 0 Å². The Morgan fingerprint density at radius 3 is 2.22 bits per heavy atom. The zero-order chi connectivity index (χ0) is 6.91. The van der Waals surface area contributed by atoms with E-state index in [0.29, 0.717) is 13.2 Å². The van der Waals surface area contributed by atoms with Gasteiger partial charge < -0.3 is 9.47 Å². The SMILES string of the molecule is COC1(C(C)=O)COC1. The van der Waals surface area contributed by atoms with Crippen molar-refractivity contribution >= 4 is 5.78 Å². The van der Waals surface area contributed by atoms with Crippen molar-refractivity contribution < 1.29 is 14.3 Å². The highest BCUT2D eigenvalue weighted by atomic mass is 16.6. The summed E-state index contributed by atoms with van der Waals surface area (Å²) in [5.41, 5.74) is -0.597. The summed E-state index contributed by atoms with van der Waals surface area (Å²) < 4.78 is 9.81. The average Bonchev–Trinajstić information content (AvgIpc) is 1.62. The van der Waals surface area contributed by atoms with Gasteiger partial charge in [0.1, 0.15) is 0 Å². The summed E-state index contributed by atoms with van der Waals surface area (Å²) in [5.74, 6) is 0.0521. The van der Waals surface area contributed by atoms with Crippen molar-refractivity contribution in [2.75, 3.05) is 20.3 Å². The maximum absolute atomic E-state index is 10.8. The van der Waals surface area contributed by atoms with E-state index in [-0.39, 0.29) is 5.78 Å². The molecule has 0 aromatic rings. The number of carbonyl (C=O) groups excluding carboxylic acids is 1. The van der Waals surface area contributed by atoms with Crippen molar-refractivity contribution in [3.63, 3.8) is 0 Å². The maximum atomic E-state index is 10.8. The third-order valence-electron chi connectivity index (χ3n) is 1.70. The first kappa shape index (κ1) is 6.71. The number of carbonyl (C=O) groups is 1. The summed E-state index contributed by atoms with van der Waals surface area (Å²) >= 11 is 0. The quantitative estimate of drug-likeness (QED) is 0.527. The Kier molecular flexibility index (Phi) is 1.55. The summed E-state index contributed by atoms with van der Waals surface area (Å²) in [6.07, 6.45) is 0. The van der Waals surface area contributed by atoms with Gasteiger partial charge in [-0.1, -0.05) is 0 Å². The zero-order valence-corrected chi connectivity index (χ0v) is 5.64. The fraction of sp³-hybridized carbons (Fsp3) is 0.833. The van der Waals surface area contributed by atoms with Crippen LogP contribution in [0, 0.1) is 0 Å². The van der Waals surface area contributed by atoms with Gasteiger partial charge in [0.25, 0.3) is 0 Å². The molecule has 1 heterocycles. The first-order valence-corrected chi connectivity index (χ1v) is 2.85. The van der Waals surface area contributed by atoms with Crippen LogP contribution in [0.1, 0.15) is 6.92 Å². The molecular weight excluding hydrogens is 120 g/mol. The number of methoxy groups -OCH3 is 1. The van der Waals surface area contributed by atoms with Gasteiger partial charge >= 0.3 is 0 Å². The summed E-state index contributed by atoms with van der Waals surface area (Å²) in [6.45, 7) is 2.35. The van der Waals surface area contributed by atoms with Crippen LogP contribution in [-0.4, -0.2) is 31.7 Å². The molecule has 1 rings (SSSR count). The fourth-order valence-electron chi connectivity index (χ4n) is 0.752. The second kappa shape index (κ2) is 2.08. The summed E-state index contributed by atoms with van der Waals surface area (Å²) in [4.78, 5) is 10.8. The van der Waals surface area contributed by atoms with Crippen LogP contribution in [-0.2, 0) is 14.3 Å². The maximum Gasteiger partial charge on any atom is 0.172 e. The topological polar surface area (TPSA) is 35.5 Å². The highest BCUT2D eigenvalue weighted by Crippen LogP contribution is 2.21. The number of rotatable bonds is 2. The van der Waals surface area contributed by atoms with E-state index in [1.807, 2.05) is 0 Å². The largest absolute Gasteiger partial charge is 0.374 e. The molecule has 0 radical (unpaired) electrons. The van der Waals surface area contributed by atoms with Crippen molar-refractivity contribution in [3.05, 3.63) is 0 Å². The Bertz CT molecular complexity index is 121. The van der Waals surface area contributed by atoms with Crippen molar-refractivity contribution in [1.29, 1.82) is 0 Å². The van der Waals surface area contributed by atoms with Gasteiger partial charge in [-0.25, -0.2) is 0 Å². The number of hydrogen-bond donors (Lipinski definition) is 0. The van der Waals surface area contributed by atoms with Gasteiger partial charge in [-0.05, 0) is 6.92 Å². The Morgan fingerprint density at radius 2 is 2.22 bits per heavy atom. The monoisotopic (exact) mass is 130 g/mol. The molecule has 0 aliphatic carbocycles. The average molecular weight is 130 g/mol. The molecule has 3 heteroatoms. The molecule has 0 saturated carbocycles. The molecule has 3 nitrogen and oxygen atoms in total. The molecule has 0 atom stereocenters. The lowest BCUT2D eigenvalue weighted by molar-refractivity contribution is -0.197. The van der Waals surface area contributed by atoms with Crippen LogP contribution in [0.2, 0.25) is 0 Å². The van der Waals surface area contributed by atoms with Crippen LogP contribution in [0.25, 0.3) is 0 Å². The fourth-order valence-corrected chi connectivity index (χ4v) is 0.752. The van der Waals surface area contributed by atoms with E-state index in [0.717, 1.165) is 0 Å². The molecule has 0 N–H and O–H groups in total. The first-order chi connectivity index (χ1) is 4.21.